The average molecular weight is 639 g/mol. The van der Waals surface area contributed by atoms with Gasteiger partial charge in [-0.25, -0.2) is 5.01 Å². The number of halogens is 3. The maximum atomic E-state index is 13.9. The quantitative estimate of drug-likeness (QED) is 0.259. The van der Waals surface area contributed by atoms with Crippen LogP contribution in [0.15, 0.2) is 48.5 Å². The molecule has 188 valence electrons. The van der Waals surface area contributed by atoms with E-state index in [0.717, 1.165) is 16.4 Å². The van der Waals surface area contributed by atoms with Gasteiger partial charge in [0.1, 0.15) is 11.8 Å². The smallest absolute Gasteiger partial charge is 0.275 e. The number of ether oxygens (including phenoxy) is 1. The maximum absolute atomic E-state index is 13.9. The molecule has 5 rings (SSSR count). The number of benzene rings is 2. The van der Waals surface area contributed by atoms with E-state index in [1.54, 1.807) is 42.5 Å². The molecule has 0 N–H and O–H groups in total. The van der Waals surface area contributed by atoms with Crippen LogP contribution >= 0.6 is 43.5 Å². The first kappa shape index (κ1) is 25.4. The number of nitrogens with zero attached hydrogens (tertiary/aromatic N) is 2. The fraction of sp³-hybridized carbons (Fsp3) is 0.385. The van der Waals surface area contributed by atoms with Crippen LogP contribution < -0.4 is 4.74 Å². The minimum atomic E-state index is -1.15. The largest absolute Gasteiger partial charge is 0.497 e. The lowest BCUT2D eigenvalue weighted by molar-refractivity contribution is -0.157. The molecule has 1 saturated heterocycles. The Balaban J connectivity index is 1.55. The van der Waals surface area contributed by atoms with Crippen LogP contribution in [0.4, 0.5) is 0 Å². The van der Waals surface area contributed by atoms with Gasteiger partial charge in [-0.15, -0.1) is 0 Å². The van der Waals surface area contributed by atoms with Crippen LogP contribution in [-0.2, 0) is 9.59 Å². The van der Waals surface area contributed by atoms with Gasteiger partial charge >= 0.3 is 0 Å². The number of Topliss-reactive ketones (excluding diaryl/α,β-unsaturated/α-hetero) is 1. The van der Waals surface area contributed by atoms with Gasteiger partial charge in [0.25, 0.3) is 17.7 Å². The molecule has 0 spiro atoms. The van der Waals surface area contributed by atoms with E-state index in [2.05, 4.69) is 31.9 Å². The topological polar surface area (TPSA) is 84.0 Å². The van der Waals surface area contributed by atoms with Crippen LogP contribution in [0.5, 0.6) is 5.75 Å². The van der Waals surface area contributed by atoms with E-state index in [1.807, 2.05) is 0 Å². The van der Waals surface area contributed by atoms with Gasteiger partial charge in [-0.1, -0.05) is 55.6 Å². The number of fused-ring (bicyclic) bond motifs is 5. The molecule has 1 heterocycles. The summed E-state index contributed by atoms with van der Waals surface area (Å²) in [6.07, 6.45) is 0.755. The minimum Gasteiger partial charge on any atom is -0.497 e. The lowest BCUT2D eigenvalue weighted by Gasteiger charge is -2.35. The van der Waals surface area contributed by atoms with Crippen molar-refractivity contribution in [3.8, 4) is 5.75 Å². The summed E-state index contributed by atoms with van der Waals surface area (Å²) in [6, 6.07) is 11.7. The molecule has 2 aromatic rings. The summed E-state index contributed by atoms with van der Waals surface area (Å²) in [5.41, 5.74) is 0.423. The molecular weight excluding hydrogens is 616 g/mol. The lowest BCUT2D eigenvalue weighted by atomic mass is 9.81. The molecule has 2 saturated carbocycles. The standard InChI is InChI=1S/C26H23Br2ClN2O5/c1-12(23(32)13-7-9-14(36-2)10-8-13)30(24(33)15-5-3-4-6-18(15)29)31-25(34)19-16-11-17(20(19)26(31)35)22(28)21(16)27/h3-10,12,16-17,19-22H,11H2,1-2H3/t12-,16+,17+,19+,20+,21-,22+/m0/s1. The third-order valence-electron chi connectivity index (χ3n) is 7.61. The number of rotatable bonds is 6. The summed E-state index contributed by atoms with van der Waals surface area (Å²) in [5, 5.41) is 2.08. The molecule has 1 aliphatic heterocycles. The summed E-state index contributed by atoms with van der Waals surface area (Å²) in [6.45, 7) is 1.52. The Hall–Kier alpha value is -2.23. The van der Waals surface area contributed by atoms with E-state index in [-0.39, 0.29) is 32.1 Å². The SMILES string of the molecule is COc1ccc(C(=O)[C@H](C)N(C(=O)c2ccccc2Cl)N2C(=O)[C@@H]3[C@H]4C[C@@H]([C@@H](Br)[C@H]4Br)[C@H]3C2=O)cc1. The fourth-order valence-corrected chi connectivity index (χ4v) is 7.94. The van der Waals surface area contributed by atoms with E-state index in [1.165, 1.54) is 20.1 Å². The number of imide groups is 1. The highest BCUT2D eigenvalue weighted by Crippen LogP contribution is 2.60. The molecule has 2 aromatic carbocycles. The molecule has 10 heteroatoms. The Morgan fingerprint density at radius 2 is 1.56 bits per heavy atom. The number of hydrogen-bond acceptors (Lipinski definition) is 5. The van der Waals surface area contributed by atoms with E-state index < -0.39 is 41.4 Å². The van der Waals surface area contributed by atoms with Crippen molar-refractivity contribution < 1.29 is 23.9 Å². The summed E-state index contributed by atoms with van der Waals surface area (Å²) in [4.78, 5) is 55.0. The first-order chi connectivity index (χ1) is 17.2. The Labute approximate surface area is 230 Å². The summed E-state index contributed by atoms with van der Waals surface area (Å²) in [5.74, 6) is -2.56. The first-order valence-electron chi connectivity index (χ1n) is 11.6. The van der Waals surface area contributed by atoms with Gasteiger partial charge in [-0.2, -0.15) is 5.01 Å². The van der Waals surface area contributed by atoms with E-state index in [9.17, 15) is 19.2 Å². The second kappa shape index (κ2) is 9.58. The van der Waals surface area contributed by atoms with Gasteiger partial charge in [0, 0.05) is 15.2 Å². The van der Waals surface area contributed by atoms with Gasteiger partial charge in [0.2, 0.25) is 0 Å². The number of hydrazine groups is 1. The zero-order chi connectivity index (χ0) is 25.9. The van der Waals surface area contributed by atoms with Gasteiger partial charge in [0.15, 0.2) is 5.78 Å². The summed E-state index contributed by atoms with van der Waals surface area (Å²) in [7, 11) is 1.52. The van der Waals surface area contributed by atoms with Crippen molar-refractivity contribution in [3.05, 3.63) is 64.7 Å². The third-order valence-corrected chi connectivity index (χ3v) is 11.1. The van der Waals surface area contributed by atoms with Gasteiger partial charge in [0.05, 0.1) is 29.5 Å². The molecule has 0 aromatic heterocycles. The number of alkyl halides is 2. The highest BCUT2D eigenvalue weighted by molar-refractivity contribution is 9.12. The number of hydrogen-bond donors (Lipinski definition) is 0. The van der Waals surface area contributed by atoms with Gasteiger partial charge in [-0.05, 0) is 61.6 Å². The molecule has 3 aliphatic rings. The zero-order valence-corrected chi connectivity index (χ0v) is 23.4. The Morgan fingerprint density at radius 3 is 2.08 bits per heavy atom. The molecule has 2 aliphatic carbocycles. The predicted octanol–water partition coefficient (Wildman–Crippen LogP) is 4.76. The maximum Gasteiger partial charge on any atom is 0.275 e. The van der Waals surface area contributed by atoms with E-state index >= 15 is 0 Å². The van der Waals surface area contributed by atoms with E-state index in [0.29, 0.717) is 11.3 Å². The molecule has 2 bridgehead atoms. The monoisotopic (exact) mass is 636 g/mol. The molecule has 0 unspecified atom stereocenters. The van der Waals surface area contributed by atoms with Crippen molar-refractivity contribution in [2.45, 2.75) is 29.0 Å². The van der Waals surface area contributed by atoms with Crippen molar-refractivity contribution in [3.63, 3.8) is 0 Å². The van der Waals surface area contributed by atoms with Gasteiger partial charge in [-0.3, -0.25) is 19.2 Å². The van der Waals surface area contributed by atoms with Crippen LogP contribution in [0.2, 0.25) is 5.02 Å². The molecule has 3 amide bonds. The highest BCUT2D eigenvalue weighted by atomic mass is 79.9. The Kier molecular flexibility index (Phi) is 6.76. The molecule has 0 radical (unpaired) electrons. The van der Waals surface area contributed by atoms with E-state index in [4.69, 9.17) is 16.3 Å². The minimum absolute atomic E-state index is 0.0318. The van der Waals surface area contributed by atoms with Crippen LogP contribution in [0, 0.1) is 23.7 Å². The summed E-state index contributed by atoms with van der Waals surface area (Å²) < 4.78 is 5.17. The zero-order valence-electron chi connectivity index (χ0n) is 19.4. The third kappa shape index (κ3) is 3.82. The number of ketones is 1. The number of amides is 3. The van der Waals surface area contributed by atoms with Crippen LogP contribution in [0.1, 0.15) is 34.1 Å². The summed E-state index contributed by atoms with van der Waals surface area (Å²) >= 11 is 13.7. The fourth-order valence-electron chi connectivity index (χ4n) is 5.85. The molecule has 7 atom stereocenters. The lowest BCUT2D eigenvalue weighted by Crippen LogP contribution is -2.57. The van der Waals surface area contributed by atoms with Crippen LogP contribution in [0.3, 0.4) is 0 Å². The van der Waals surface area contributed by atoms with Gasteiger partial charge < -0.3 is 4.74 Å². The average Bonchev–Trinajstić information content (AvgIpc) is 3.49. The Morgan fingerprint density at radius 1 is 1.00 bits per heavy atom. The second-order valence-corrected chi connectivity index (χ2v) is 11.9. The van der Waals surface area contributed by atoms with Crippen molar-refractivity contribution in [1.29, 1.82) is 0 Å². The predicted molar refractivity (Wildman–Crippen MR) is 140 cm³/mol. The van der Waals surface area contributed by atoms with Crippen molar-refractivity contribution in [2.24, 2.45) is 23.7 Å². The van der Waals surface area contributed by atoms with Crippen LogP contribution in [0.25, 0.3) is 0 Å². The van der Waals surface area contributed by atoms with Crippen molar-refractivity contribution in [1.82, 2.24) is 10.0 Å². The molecule has 3 fully saturated rings. The number of carbonyl (C=O) groups is 4. The molecular formula is C26H23Br2ClN2O5. The second-order valence-electron chi connectivity index (χ2n) is 9.39. The van der Waals surface area contributed by atoms with Crippen molar-refractivity contribution in [2.75, 3.05) is 7.11 Å². The highest BCUT2D eigenvalue weighted by Gasteiger charge is 2.68. The first-order valence-corrected chi connectivity index (χ1v) is 13.8. The molecule has 36 heavy (non-hydrogen) atoms. The van der Waals surface area contributed by atoms with Crippen molar-refractivity contribution >= 4 is 67.0 Å². The number of methoxy groups -OCH3 is 1. The van der Waals surface area contributed by atoms with Crippen LogP contribution in [-0.4, -0.2) is 56.3 Å². The molecule has 7 nitrogen and oxygen atoms in total. The Bertz CT molecular complexity index is 1220. The normalized spacial score (nSPS) is 29.3. The number of carbonyl (C=O) groups excluding carboxylic acids is 4.